The highest BCUT2D eigenvalue weighted by Gasteiger charge is 2.38. The number of halogens is 2. The number of ether oxygens (including phenoxy) is 2. The number of aromatic amines is 2. The average molecular weight is 818 g/mol. The lowest BCUT2D eigenvalue weighted by Gasteiger charge is -2.30. The molecule has 4 aromatic rings. The van der Waals surface area contributed by atoms with Gasteiger partial charge in [0.05, 0.1) is 44.4 Å². The van der Waals surface area contributed by atoms with Crippen LogP contribution in [0, 0.1) is 29.6 Å². The zero-order chi connectivity index (χ0) is 38.9. The molecule has 2 aliphatic heterocycles. The highest BCUT2D eigenvalue weighted by Crippen LogP contribution is 2.34. The summed E-state index contributed by atoms with van der Waals surface area (Å²) in [7, 11) is 2.54. The number of rotatable bonds is 9. The summed E-state index contributed by atoms with van der Waals surface area (Å²) in [5.74, 6) is 12.6. The van der Waals surface area contributed by atoms with Crippen LogP contribution in [0.4, 0.5) is 9.59 Å². The van der Waals surface area contributed by atoms with Gasteiger partial charge in [0.1, 0.15) is 29.4 Å². The fourth-order valence-corrected chi connectivity index (χ4v) is 6.94. The van der Waals surface area contributed by atoms with E-state index in [2.05, 4.69) is 54.3 Å². The Kier molecular flexibility index (Phi) is 15.6. The molecule has 2 aliphatic rings. The smallest absolute Gasteiger partial charge is 0.407 e. The minimum Gasteiger partial charge on any atom is -0.453 e. The zero-order valence-corrected chi connectivity index (χ0v) is 33.7. The number of alkyl carbamates (subject to hydrolysis) is 2. The molecule has 16 heteroatoms. The number of benzene rings is 2. The maximum atomic E-state index is 13.7. The molecule has 4 atom stereocenters. The number of likely N-dealkylation sites (tertiary alicyclic amines) is 2. The molecule has 1 unspecified atom stereocenters. The number of carbonyl (C=O) groups excluding carboxylic acids is 4. The third kappa shape index (κ3) is 10.5. The monoisotopic (exact) mass is 816 g/mol. The molecule has 6 rings (SSSR count). The van der Waals surface area contributed by atoms with E-state index in [1.54, 1.807) is 34.3 Å². The van der Waals surface area contributed by atoms with Gasteiger partial charge in [-0.15, -0.1) is 24.8 Å². The van der Waals surface area contributed by atoms with Crippen molar-refractivity contribution >= 4 is 48.8 Å². The SMILES string of the molecule is COC(=O)NC(C(=O)N1CCC[C@H]1c1ncc(C#CC#Cc2ccc(-c3cnc([C@@H]4CCCN4C(=O)[C@@H](NC(=O)OC)C(C)C)[nH]3)cc2)[nH]1)c1ccccc1.Cl.Cl. The van der Waals surface area contributed by atoms with E-state index in [4.69, 9.17) is 9.47 Å². The first-order valence-electron chi connectivity index (χ1n) is 18.2. The molecule has 0 saturated carbocycles. The second-order valence-electron chi connectivity index (χ2n) is 13.7. The first kappa shape index (κ1) is 43.8. The van der Waals surface area contributed by atoms with E-state index in [1.807, 2.05) is 56.3 Å². The second kappa shape index (κ2) is 20.3. The Labute approximate surface area is 344 Å². The van der Waals surface area contributed by atoms with Gasteiger partial charge in [0, 0.05) is 18.7 Å². The van der Waals surface area contributed by atoms with Gasteiger partial charge >= 0.3 is 12.2 Å². The third-order valence-corrected chi connectivity index (χ3v) is 9.78. The molecule has 300 valence electrons. The normalized spacial score (nSPS) is 16.7. The number of methoxy groups -OCH3 is 2. The van der Waals surface area contributed by atoms with Crippen LogP contribution in [0.1, 0.15) is 86.1 Å². The summed E-state index contributed by atoms with van der Waals surface area (Å²) in [5, 5.41) is 5.35. The number of aromatic nitrogens is 4. The molecule has 57 heavy (non-hydrogen) atoms. The molecule has 0 spiro atoms. The lowest BCUT2D eigenvalue weighted by Crippen LogP contribution is -2.51. The molecule has 0 radical (unpaired) electrons. The van der Waals surface area contributed by atoms with Crippen molar-refractivity contribution in [3.05, 3.63) is 95.5 Å². The number of nitrogens with one attached hydrogen (secondary N) is 4. The van der Waals surface area contributed by atoms with E-state index in [-0.39, 0.29) is 54.6 Å². The summed E-state index contributed by atoms with van der Waals surface area (Å²) in [5.41, 5.74) is 3.74. The van der Waals surface area contributed by atoms with Crippen LogP contribution in [0.25, 0.3) is 11.3 Å². The summed E-state index contributed by atoms with van der Waals surface area (Å²) in [6.07, 6.45) is 5.17. The van der Waals surface area contributed by atoms with Gasteiger partial charge in [0.15, 0.2) is 0 Å². The van der Waals surface area contributed by atoms with Crippen molar-refractivity contribution in [1.29, 1.82) is 0 Å². The van der Waals surface area contributed by atoms with E-state index in [0.29, 0.717) is 36.0 Å². The van der Waals surface area contributed by atoms with Gasteiger partial charge in [-0.3, -0.25) is 9.59 Å². The Balaban J connectivity index is 0.00000360. The molecule has 14 nitrogen and oxygen atoms in total. The number of hydrogen-bond donors (Lipinski definition) is 4. The van der Waals surface area contributed by atoms with Crippen molar-refractivity contribution in [1.82, 2.24) is 40.4 Å². The number of carbonyl (C=O) groups is 4. The number of amides is 4. The largest absolute Gasteiger partial charge is 0.453 e. The maximum absolute atomic E-state index is 13.7. The first-order chi connectivity index (χ1) is 26.7. The zero-order valence-electron chi connectivity index (χ0n) is 32.0. The molecular weight excluding hydrogens is 771 g/mol. The minimum absolute atomic E-state index is 0. The molecule has 4 amide bonds. The molecule has 2 saturated heterocycles. The number of hydrogen-bond acceptors (Lipinski definition) is 8. The summed E-state index contributed by atoms with van der Waals surface area (Å²) in [6.45, 7) is 4.88. The topological polar surface area (TPSA) is 175 Å². The van der Waals surface area contributed by atoms with Crippen LogP contribution in [0.3, 0.4) is 0 Å². The average Bonchev–Trinajstić information content (AvgIpc) is 4.04. The van der Waals surface area contributed by atoms with Crippen LogP contribution >= 0.6 is 24.8 Å². The fourth-order valence-electron chi connectivity index (χ4n) is 6.94. The first-order valence-corrected chi connectivity index (χ1v) is 18.2. The van der Waals surface area contributed by atoms with Gasteiger partial charge in [0.25, 0.3) is 5.91 Å². The number of imidazole rings is 2. The van der Waals surface area contributed by atoms with Crippen LogP contribution < -0.4 is 10.6 Å². The molecule has 2 aromatic carbocycles. The molecule has 2 fully saturated rings. The Morgan fingerprint density at radius 3 is 1.96 bits per heavy atom. The highest BCUT2D eigenvalue weighted by atomic mass is 35.5. The van der Waals surface area contributed by atoms with Crippen LogP contribution in [0.2, 0.25) is 0 Å². The third-order valence-electron chi connectivity index (χ3n) is 9.78. The lowest BCUT2D eigenvalue weighted by molar-refractivity contribution is -0.135. The molecule has 2 aromatic heterocycles. The van der Waals surface area contributed by atoms with Crippen molar-refractivity contribution < 1.29 is 28.7 Å². The van der Waals surface area contributed by atoms with Crippen LogP contribution in [0.5, 0.6) is 0 Å². The van der Waals surface area contributed by atoms with Crippen LogP contribution in [0.15, 0.2) is 67.0 Å². The molecule has 0 aliphatic carbocycles. The Morgan fingerprint density at radius 2 is 1.33 bits per heavy atom. The van der Waals surface area contributed by atoms with Gasteiger partial charge in [-0.1, -0.05) is 62.2 Å². The van der Waals surface area contributed by atoms with Gasteiger partial charge in [0.2, 0.25) is 5.91 Å². The van der Waals surface area contributed by atoms with Gasteiger partial charge < -0.3 is 39.9 Å². The second-order valence-corrected chi connectivity index (χ2v) is 13.7. The van der Waals surface area contributed by atoms with Crippen molar-refractivity contribution in [2.24, 2.45) is 5.92 Å². The molecule has 0 bridgehead atoms. The predicted molar refractivity (Wildman–Crippen MR) is 217 cm³/mol. The summed E-state index contributed by atoms with van der Waals surface area (Å²) < 4.78 is 9.52. The summed E-state index contributed by atoms with van der Waals surface area (Å²) >= 11 is 0. The summed E-state index contributed by atoms with van der Waals surface area (Å²) in [6, 6.07) is 14.7. The van der Waals surface area contributed by atoms with Gasteiger partial charge in [-0.05, 0) is 72.6 Å². The van der Waals surface area contributed by atoms with Gasteiger partial charge in [-0.25, -0.2) is 19.6 Å². The van der Waals surface area contributed by atoms with E-state index < -0.39 is 24.3 Å². The van der Waals surface area contributed by atoms with Gasteiger partial charge in [-0.2, -0.15) is 0 Å². The predicted octanol–water partition coefficient (Wildman–Crippen LogP) is 5.85. The maximum Gasteiger partial charge on any atom is 0.407 e. The van der Waals surface area contributed by atoms with E-state index in [9.17, 15) is 19.2 Å². The Morgan fingerprint density at radius 1 is 0.754 bits per heavy atom. The van der Waals surface area contributed by atoms with Crippen molar-refractivity contribution in [3.8, 4) is 34.9 Å². The number of nitrogens with zero attached hydrogens (tertiary/aromatic N) is 4. The van der Waals surface area contributed by atoms with E-state index >= 15 is 0 Å². The van der Waals surface area contributed by atoms with E-state index in [1.165, 1.54) is 14.2 Å². The van der Waals surface area contributed by atoms with Crippen LogP contribution in [-0.2, 0) is 19.1 Å². The molecular formula is C41H46Cl2N8O6. The number of H-pyrrole nitrogens is 2. The van der Waals surface area contributed by atoms with Crippen molar-refractivity contribution in [2.45, 2.75) is 63.7 Å². The Hall–Kier alpha value is -5.96. The summed E-state index contributed by atoms with van der Waals surface area (Å²) in [4.78, 5) is 70.5. The van der Waals surface area contributed by atoms with E-state index in [0.717, 1.165) is 42.5 Å². The molecule has 4 N–H and O–H groups in total. The fraction of sp³-hybridized carbons (Fsp3) is 0.366. The molecule has 4 heterocycles. The lowest BCUT2D eigenvalue weighted by atomic mass is 10.0. The van der Waals surface area contributed by atoms with Crippen molar-refractivity contribution in [2.75, 3.05) is 27.3 Å². The standard InChI is InChI=1S/C41H44N8O6.2ClH/c1-26(2)34(46-40(52)54-3)38(50)48-22-11-17-33(48)37-43-25-31(45-37)28-20-18-27(19-21-28)12-8-9-15-30-24-42-36(44-30)32-16-10-23-49(32)39(51)35(47-41(53)55-4)29-13-6-5-7-14-29;;/h5-7,13-14,18-21,24-26,32-35H,10-11,16-17,22-23H2,1-4H3,(H,42,44)(H,43,45)(H,46,52)(H,47,53);2*1H/t32-,33-,34-,35?;;/m0../s1. The van der Waals surface area contributed by atoms with Crippen LogP contribution in [-0.4, -0.2) is 87.1 Å². The highest BCUT2D eigenvalue weighted by molar-refractivity contribution is 5.88. The Bertz CT molecular complexity index is 2130. The quantitative estimate of drug-likeness (QED) is 0.152. The van der Waals surface area contributed by atoms with Crippen molar-refractivity contribution in [3.63, 3.8) is 0 Å². The minimum atomic E-state index is -0.897.